The average molecular weight is 264 g/mol. The Labute approximate surface area is 102 Å². The Hall–Kier alpha value is -0.520. The largest absolute Gasteiger partial charge is 0.295 e. The van der Waals surface area contributed by atoms with Crippen LogP contribution < -0.4 is 4.90 Å². The number of carbonyl (C=O) groups excluding carboxylic acids is 1. The maximum atomic E-state index is 11.5. The van der Waals surface area contributed by atoms with Gasteiger partial charge in [0, 0.05) is 24.3 Å². The third-order valence-electron chi connectivity index (χ3n) is 2.04. The Kier molecular flexibility index (Phi) is 3.04. The van der Waals surface area contributed by atoms with Crippen LogP contribution in [-0.4, -0.2) is 27.7 Å². The fourth-order valence-electron chi connectivity index (χ4n) is 1.43. The lowest BCUT2D eigenvalue weighted by Crippen LogP contribution is -2.25. The summed E-state index contributed by atoms with van der Waals surface area (Å²) in [5.74, 6) is 0.405. The van der Waals surface area contributed by atoms with E-state index in [0.717, 1.165) is 0 Å². The van der Waals surface area contributed by atoms with Crippen molar-refractivity contribution in [1.29, 1.82) is 0 Å². The Balaban J connectivity index is 2.33. The van der Waals surface area contributed by atoms with E-state index in [1.165, 1.54) is 11.0 Å². The highest BCUT2D eigenvalue weighted by atomic mass is 35.5. The lowest BCUT2D eigenvalue weighted by atomic mass is 10.4. The van der Waals surface area contributed by atoms with Crippen LogP contribution in [0.15, 0.2) is 6.07 Å². The molecule has 1 aliphatic rings. The lowest BCUT2D eigenvalue weighted by molar-refractivity contribution is -0.117. The van der Waals surface area contributed by atoms with Gasteiger partial charge in [0.15, 0.2) is 0 Å². The molecule has 1 fully saturated rings. The monoisotopic (exact) mass is 263 g/mol. The van der Waals surface area contributed by atoms with Crippen LogP contribution in [0.25, 0.3) is 0 Å². The van der Waals surface area contributed by atoms with E-state index in [-0.39, 0.29) is 21.6 Å². The van der Waals surface area contributed by atoms with Crippen molar-refractivity contribution in [3.63, 3.8) is 0 Å². The molecule has 1 aromatic heterocycles. The second-order valence-electron chi connectivity index (χ2n) is 3.18. The fourth-order valence-corrected chi connectivity index (χ4v) is 2.15. The first-order valence-corrected chi connectivity index (χ1v) is 5.52. The van der Waals surface area contributed by atoms with Gasteiger partial charge in [0.05, 0.1) is 0 Å². The molecule has 1 saturated heterocycles. The highest BCUT2D eigenvalue weighted by Gasteiger charge is 2.29. The van der Waals surface area contributed by atoms with E-state index >= 15 is 0 Å². The molecule has 15 heavy (non-hydrogen) atoms. The van der Waals surface area contributed by atoms with Gasteiger partial charge in [0.25, 0.3) is 0 Å². The van der Waals surface area contributed by atoms with Gasteiger partial charge in [0.1, 0.15) is 11.0 Å². The molecule has 7 heteroatoms. The minimum Gasteiger partial charge on any atom is -0.295 e. The first kappa shape index (κ1) is 11.0. The summed E-state index contributed by atoms with van der Waals surface area (Å²) in [6, 6.07) is 1.51. The molecule has 1 amide bonds. The minimum absolute atomic E-state index is 0.0270. The van der Waals surface area contributed by atoms with Gasteiger partial charge in [-0.1, -0.05) is 11.6 Å². The maximum absolute atomic E-state index is 11.5. The first-order valence-electron chi connectivity index (χ1n) is 4.25. The number of amides is 1. The van der Waals surface area contributed by atoms with Crippen LogP contribution >= 0.6 is 35.8 Å². The summed E-state index contributed by atoms with van der Waals surface area (Å²) >= 11 is 15.6. The van der Waals surface area contributed by atoms with Crippen molar-refractivity contribution >= 4 is 47.6 Å². The number of anilines is 1. The first-order chi connectivity index (χ1) is 7.06. The molecular weight excluding hydrogens is 257 g/mol. The molecule has 2 rings (SSSR count). The molecule has 0 spiro atoms. The van der Waals surface area contributed by atoms with Crippen LogP contribution in [0, 0.1) is 0 Å². The van der Waals surface area contributed by atoms with Gasteiger partial charge in [-0.25, -0.2) is 9.97 Å². The molecule has 4 nitrogen and oxygen atoms in total. The van der Waals surface area contributed by atoms with Crippen molar-refractivity contribution in [3.05, 3.63) is 16.5 Å². The van der Waals surface area contributed by atoms with Gasteiger partial charge in [-0.05, 0) is 11.6 Å². The molecular formula is C8H7Cl2N3OS. The van der Waals surface area contributed by atoms with Gasteiger partial charge in [-0.15, -0.1) is 0 Å². The minimum atomic E-state index is -0.0270. The summed E-state index contributed by atoms with van der Waals surface area (Å²) in [5, 5.41) is 0.290. The molecule has 2 heterocycles. The molecule has 1 unspecified atom stereocenters. The van der Waals surface area contributed by atoms with E-state index in [1.54, 1.807) is 0 Å². The van der Waals surface area contributed by atoms with E-state index in [0.29, 0.717) is 18.8 Å². The molecule has 1 atom stereocenters. The van der Waals surface area contributed by atoms with Crippen LogP contribution in [0.4, 0.5) is 5.82 Å². The van der Waals surface area contributed by atoms with Crippen LogP contribution in [0.5, 0.6) is 0 Å². The third-order valence-corrected chi connectivity index (χ3v) is 2.74. The highest BCUT2D eigenvalue weighted by molar-refractivity contribution is 7.81. The Bertz CT molecular complexity index is 395. The molecule has 0 saturated carbocycles. The standard InChI is InChI=1S/C8H7Cl2N3OS/c9-5-2-6(12-8(10)11-5)13-3-4(15)1-7(13)14/h2,4,15H,1,3H2. The van der Waals surface area contributed by atoms with Gasteiger partial charge >= 0.3 is 0 Å². The van der Waals surface area contributed by atoms with Gasteiger partial charge in [0.2, 0.25) is 11.2 Å². The third kappa shape index (κ3) is 2.35. The van der Waals surface area contributed by atoms with E-state index in [9.17, 15) is 4.79 Å². The second kappa shape index (κ2) is 4.15. The molecule has 80 valence electrons. The normalized spacial score (nSPS) is 21.1. The molecule has 0 aliphatic carbocycles. The van der Waals surface area contributed by atoms with Crippen molar-refractivity contribution in [2.45, 2.75) is 11.7 Å². The summed E-state index contributed by atoms with van der Waals surface area (Å²) < 4.78 is 0. The molecule has 1 aliphatic heterocycles. The van der Waals surface area contributed by atoms with Gasteiger partial charge in [-0.2, -0.15) is 12.6 Å². The van der Waals surface area contributed by atoms with E-state index < -0.39 is 0 Å². The average Bonchev–Trinajstić information content (AvgIpc) is 2.43. The zero-order valence-electron chi connectivity index (χ0n) is 7.52. The van der Waals surface area contributed by atoms with Crippen molar-refractivity contribution in [2.75, 3.05) is 11.4 Å². The fraction of sp³-hybridized carbons (Fsp3) is 0.375. The van der Waals surface area contributed by atoms with Crippen LogP contribution in [0.3, 0.4) is 0 Å². The Morgan fingerprint density at radius 3 is 2.73 bits per heavy atom. The van der Waals surface area contributed by atoms with E-state index in [1.807, 2.05) is 0 Å². The van der Waals surface area contributed by atoms with E-state index in [4.69, 9.17) is 23.2 Å². The molecule has 1 aromatic rings. The number of hydrogen-bond donors (Lipinski definition) is 1. The SMILES string of the molecule is O=C1CC(S)CN1c1cc(Cl)nc(Cl)n1. The predicted octanol–water partition coefficient (Wildman–Crippen LogP) is 1.82. The summed E-state index contributed by atoms with van der Waals surface area (Å²) in [7, 11) is 0. The number of halogens is 2. The van der Waals surface area contributed by atoms with Gasteiger partial charge < -0.3 is 0 Å². The predicted molar refractivity (Wildman–Crippen MR) is 61.8 cm³/mol. The maximum Gasteiger partial charge on any atom is 0.229 e. The zero-order chi connectivity index (χ0) is 11.0. The number of thiol groups is 1. The number of carbonyl (C=O) groups is 1. The van der Waals surface area contributed by atoms with Crippen LogP contribution in [0.1, 0.15) is 6.42 Å². The smallest absolute Gasteiger partial charge is 0.229 e. The summed E-state index contributed by atoms with van der Waals surface area (Å²) in [6.07, 6.45) is 0.405. The van der Waals surface area contributed by atoms with Gasteiger partial charge in [-0.3, -0.25) is 9.69 Å². The second-order valence-corrected chi connectivity index (χ2v) is 4.64. The molecule has 0 radical (unpaired) electrons. The summed E-state index contributed by atoms with van der Waals surface area (Å²) in [6.45, 7) is 0.519. The zero-order valence-corrected chi connectivity index (χ0v) is 9.93. The van der Waals surface area contributed by atoms with Crippen LogP contribution in [-0.2, 0) is 4.79 Å². The van der Waals surface area contributed by atoms with Crippen molar-refractivity contribution in [2.24, 2.45) is 0 Å². The molecule has 0 bridgehead atoms. The number of aromatic nitrogens is 2. The Morgan fingerprint density at radius 1 is 1.47 bits per heavy atom. The van der Waals surface area contributed by atoms with Crippen molar-refractivity contribution < 1.29 is 4.79 Å². The lowest BCUT2D eigenvalue weighted by Gasteiger charge is -2.14. The van der Waals surface area contributed by atoms with Crippen molar-refractivity contribution in [1.82, 2.24) is 9.97 Å². The quantitative estimate of drug-likeness (QED) is 0.478. The van der Waals surface area contributed by atoms with Crippen LogP contribution in [0.2, 0.25) is 10.4 Å². The highest BCUT2D eigenvalue weighted by Crippen LogP contribution is 2.24. The summed E-state index contributed by atoms with van der Waals surface area (Å²) in [4.78, 5) is 20.7. The number of nitrogens with zero attached hydrogens (tertiary/aromatic N) is 3. The molecule has 0 N–H and O–H groups in total. The summed E-state index contributed by atoms with van der Waals surface area (Å²) in [5.41, 5.74) is 0. The topological polar surface area (TPSA) is 46.1 Å². The van der Waals surface area contributed by atoms with Crippen molar-refractivity contribution in [3.8, 4) is 0 Å². The Morgan fingerprint density at radius 2 is 2.20 bits per heavy atom. The number of rotatable bonds is 1. The number of hydrogen-bond acceptors (Lipinski definition) is 4. The van der Waals surface area contributed by atoms with E-state index in [2.05, 4.69) is 22.6 Å². The molecule has 0 aromatic carbocycles.